The number of amides is 1. The monoisotopic (exact) mass is 287 g/mol. The van der Waals surface area contributed by atoms with Gasteiger partial charge in [0, 0.05) is 12.0 Å². The van der Waals surface area contributed by atoms with Gasteiger partial charge in [-0.2, -0.15) is 0 Å². The van der Waals surface area contributed by atoms with E-state index in [4.69, 9.17) is 0 Å². The molecule has 0 saturated carbocycles. The molecule has 0 bridgehead atoms. The van der Waals surface area contributed by atoms with Crippen LogP contribution in [-0.4, -0.2) is 23.0 Å². The third-order valence-electron chi connectivity index (χ3n) is 2.99. The molecule has 0 radical (unpaired) electrons. The summed E-state index contributed by atoms with van der Waals surface area (Å²) in [5, 5.41) is 11.6. The zero-order valence-electron chi connectivity index (χ0n) is 11.1. The number of rotatable bonds is 5. The van der Waals surface area contributed by atoms with Crippen LogP contribution in [0.3, 0.4) is 0 Å². The molecule has 0 heterocycles. The van der Waals surface area contributed by atoms with Crippen molar-refractivity contribution >= 4 is 11.9 Å². The number of carboxylic acid groups (broad SMARTS) is 1. The lowest BCUT2D eigenvalue weighted by molar-refractivity contribution is -0.139. The summed E-state index contributed by atoms with van der Waals surface area (Å²) in [4.78, 5) is 23.2. The molecule has 0 aliphatic rings. The van der Waals surface area contributed by atoms with E-state index >= 15 is 0 Å². The minimum atomic E-state index is -1.12. The SMILES string of the molecule is O=C(NC(Cc1ccccc1)C(=O)O)c1ccc(F)cc1. The first-order valence-corrected chi connectivity index (χ1v) is 6.39. The number of carbonyl (C=O) groups excluding carboxylic acids is 1. The summed E-state index contributed by atoms with van der Waals surface area (Å²) in [6, 6.07) is 12.9. The van der Waals surface area contributed by atoms with Crippen molar-refractivity contribution < 1.29 is 19.1 Å². The molecular formula is C16H14FNO3. The summed E-state index contributed by atoms with van der Waals surface area (Å²) in [7, 11) is 0. The van der Waals surface area contributed by atoms with E-state index in [-0.39, 0.29) is 12.0 Å². The highest BCUT2D eigenvalue weighted by Crippen LogP contribution is 2.06. The number of benzene rings is 2. The molecule has 1 atom stereocenters. The Morgan fingerprint density at radius 2 is 1.67 bits per heavy atom. The van der Waals surface area contributed by atoms with Crippen molar-refractivity contribution in [1.82, 2.24) is 5.32 Å². The number of aliphatic carboxylic acids is 1. The molecule has 0 aromatic heterocycles. The van der Waals surface area contributed by atoms with Crippen LogP contribution in [0.4, 0.5) is 4.39 Å². The first kappa shape index (κ1) is 14.7. The lowest BCUT2D eigenvalue weighted by atomic mass is 10.1. The lowest BCUT2D eigenvalue weighted by Gasteiger charge is -2.14. The molecule has 5 heteroatoms. The predicted molar refractivity (Wildman–Crippen MR) is 75.4 cm³/mol. The molecular weight excluding hydrogens is 273 g/mol. The van der Waals surface area contributed by atoms with Gasteiger partial charge in [0.05, 0.1) is 0 Å². The topological polar surface area (TPSA) is 66.4 Å². The zero-order chi connectivity index (χ0) is 15.2. The number of hydrogen-bond acceptors (Lipinski definition) is 2. The number of hydrogen-bond donors (Lipinski definition) is 2. The van der Waals surface area contributed by atoms with Gasteiger partial charge in [0.25, 0.3) is 5.91 Å². The lowest BCUT2D eigenvalue weighted by Crippen LogP contribution is -2.42. The second kappa shape index (κ2) is 6.65. The molecule has 2 rings (SSSR count). The third-order valence-corrected chi connectivity index (χ3v) is 2.99. The molecule has 0 saturated heterocycles. The molecule has 4 nitrogen and oxygen atoms in total. The van der Waals surface area contributed by atoms with Gasteiger partial charge in [-0.05, 0) is 29.8 Å². The van der Waals surface area contributed by atoms with Crippen LogP contribution in [0.5, 0.6) is 0 Å². The molecule has 2 aromatic rings. The molecule has 2 aromatic carbocycles. The van der Waals surface area contributed by atoms with E-state index in [2.05, 4.69) is 5.32 Å². The summed E-state index contributed by atoms with van der Waals surface area (Å²) in [5.41, 5.74) is 1.03. The molecule has 0 aliphatic carbocycles. The van der Waals surface area contributed by atoms with E-state index in [1.54, 1.807) is 24.3 Å². The van der Waals surface area contributed by atoms with E-state index in [0.29, 0.717) is 0 Å². The summed E-state index contributed by atoms with van der Waals surface area (Å²) in [5.74, 6) is -2.11. The van der Waals surface area contributed by atoms with Crippen LogP contribution in [0.1, 0.15) is 15.9 Å². The number of carbonyl (C=O) groups is 2. The highest BCUT2D eigenvalue weighted by molar-refractivity contribution is 5.96. The van der Waals surface area contributed by atoms with Crippen LogP contribution in [0.2, 0.25) is 0 Å². The van der Waals surface area contributed by atoms with Gasteiger partial charge < -0.3 is 10.4 Å². The van der Waals surface area contributed by atoms with E-state index in [0.717, 1.165) is 17.7 Å². The first-order valence-electron chi connectivity index (χ1n) is 6.39. The average molecular weight is 287 g/mol. The number of halogens is 1. The highest BCUT2D eigenvalue weighted by Gasteiger charge is 2.21. The second-order valence-electron chi connectivity index (χ2n) is 4.56. The predicted octanol–water partition coefficient (Wildman–Crippen LogP) is 2.25. The number of carboxylic acids is 1. The normalized spacial score (nSPS) is 11.7. The van der Waals surface area contributed by atoms with Crippen LogP contribution in [0.25, 0.3) is 0 Å². The Morgan fingerprint density at radius 1 is 1.05 bits per heavy atom. The van der Waals surface area contributed by atoms with Crippen molar-refractivity contribution in [2.24, 2.45) is 0 Å². The van der Waals surface area contributed by atoms with Crippen LogP contribution in [-0.2, 0) is 11.2 Å². The van der Waals surface area contributed by atoms with Gasteiger partial charge in [0.15, 0.2) is 0 Å². The minimum absolute atomic E-state index is 0.184. The van der Waals surface area contributed by atoms with Crippen molar-refractivity contribution in [2.45, 2.75) is 12.5 Å². The average Bonchev–Trinajstić information content (AvgIpc) is 2.48. The fraction of sp³-hybridized carbons (Fsp3) is 0.125. The Hall–Kier alpha value is -2.69. The van der Waals surface area contributed by atoms with E-state index in [1.165, 1.54) is 12.1 Å². The van der Waals surface area contributed by atoms with Crippen molar-refractivity contribution in [3.8, 4) is 0 Å². The second-order valence-corrected chi connectivity index (χ2v) is 4.56. The minimum Gasteiger partial charge on any atom is -0.480 e. The Kier molecular flexibility index (Phi) is 4.66. The maximum absolute atomic E-state index is 12.8. The van der Waals surface area contributed by atoms with Crippen molar-refractivity contribution in [1.29, 1.82) is 0 Å². The molecule has 0 aliphatic heterocycles. The van der Waals surface area contributed by atoms with Gasteiger partial charge in [-0.1, -0.05) is 30.3 Å². The van der Waals surface area contributed by atoms with E-state index < -0.39 is 23.7 Å². The smallest absolute Gasteiger partial charge is 0.326 e. The van der Waals surface area contributed by atoms with Crippen molar-refractivity contribution in [3.05, 3.63) is 71.5 Å². The van der Waals surface area contributed by atoms with Gasteiger partial charge in [-0.15, -0.1) is 0 Å². The van der Waals surface area contributed by atoms with E-state index in [9.17, 15) is 19.1 Å². The number of nitrogens with one attached hydrogen (secondary N) is 1. The van der Waals surface area contributed by atoms with Crippen LogP contribution in [0, 0.1) is 5.82 Å². The molecule has 0 fully saturated rings. The summed E-state index contributed by atoms with van der Waals surface area (Å²) in [6.07, 6.45) is 0.184. The Labute approximate surface area is 121 Å². The fourth-order valence-corrected chi connectivity index (χ4v) is 1.89. The standard InChI is InChI=1S/C16H14FNO3/c17-13-8-6-12(7-9-13)15(19)18-14(16(20)21)10-11-4-2-1-3-5-11/h1-9,14H,10H2,(H,18,19)(H,20,21). The molecule has 108 valence electrons. The van der Waals surface area contributed by atoms with Gasteiger partial charge in [-0.3, -0.25) is 4.79 Å². The maximum atomic E-state index is 12.8. The van der Waals surface area contributed by atoms with Gasteiger partial charge in [-0.25, -0.2) is 9.18 Å². The van der Waals surface area contributed by atoms with Crippen LogP contribution >= 0.6 is 0 Å². The first-order chi connectivity index (χ1) is 10.1. The summed E-state index contributed by atoms with van der Waals surface area (Å²) < 4.78 is 12.8. The maximum Gasteiger partial charge on any atom is 0.326 e. The van der Waals surface area contributed by atoms with E-state index in [1.807, 2.05) is 6.07 Å². The van der Waals surface area contributed by atoms with Gasteiger partial charge >= 0.3 is 5.97 Å². The molecule has 21 heavy (non-hydrogen) atoms. The summed E-state index contributed by atoms with van der Waals surface area (Å²) >= 11 is 0. The van der Waals surface area contributed by atoms with Gasteiger partial charge in [0.2, 0.25) is 0 Å². The molecule has 2 N–H and O–H groups in total. The molecule has 1 unspecified atom stereocenters. The molecule has 1 amide bonds. The van der Waals surface area contributed by atoms with Crippen molar-refractivity contribution in [2.75, 3.05) is 0 Å². The van der Waals surface area contributed by atoms with Crippen LogP contribution < -0.4 is 5.32 Å². The zero-order valence-corrected chi connectivity index (χ0v) is 11.1. The third kappa shape index (κ3) is 4.14. The largest absolute Gasteiger partial charge is 0.480 e. The Morgan fingerprint density at radius 3 is 2.24 bits per heavy atom. The van der Waals surface area contributed by atoms with Crippen molar-refractivity contribution in [3.63, 3.8) is 0 Å². The van der Waals surface area contributed by atoms with Gasteiger partial charge in [0.1, 0.15) is 11.9 Å². The summed E-state index contributed by atoms with van der Waals surface area (Å²) in [6.45, 7) is 0. The highest BCUT2D eigenvalue weighted by atomic mass is 19.1. The molecule has 0 spiro atoms. The Balaban J connectivity index is 2.07. The Bertz CT molecular complexity index is 626. The van der Waals surface area contributed by atoms with Crippen LogP contribution in [0.15, 0.2) is 54.6 Å². The quantitative estimate of drug-likeness (QED) is 0.886. The fourth-order valence-electron chi connectivity index (χ4n) is 1.89.